The molecule has 0 saturated carbocycles. The van der Waals surface area contributed by atoms with Gasteiger partial charge in [-0.2, -0.15) is 0 Å². The predicted octanol–water partition coefficient (Wildman–Crippen LogP) is 2.79. The summed E-state index contributed by atoms with van der Waals surface area (Å²) in [6.45, 7) is 5.94. The second-order valence-electron chi connectivity index (χ2n) is 5.31. The first kappa shape index (κ1) is 20.0. The number of benzene rings is 1. The van der Waals surface area contributed by atoms with E-state index in [1.807, 2.05) is 18.2 Å². The number of hydrogen-bond donors (Lipinski definition) is 1. The van der Waals surface area contributed by atoms with Gasteiger partial charge in [-0.3, -0.25) is 5.43 Å². The smallest absolute Gasteiger partial charge is 0.377 e. The maximum atomic E-state index is 5.51. The summed E-state index contributed by atoms with van der Waals surface area (Å²) in [4.78, 5) is 0. The van der Waals surface area contributed by atoms with Crippen LogP contribution in [-0.4, -0.2) is 54.3 Å². The number of rotatable bonds is 11. The highest BCUT2D eigenvalue weighted by atomic mass is 28.4. The molecule has 0 fully saturated rings. The molecule has 1 N–H and O–H groups in total. The van der Waals surface area contributed by atoms with E-state index in [1.54, 1.807) is 21.3 Å². The van der Waals surface area contributed by atoms with E-state index >= 15 is 0 Å². The first-order chi connectivity index (χ1) is 11.1. The van der Waals surface area contributed by atoms with E-state index < -0.39 is 8.80 Å². The van der Waals surface area contributed by atoms with E-state index in [2.05, 4.69) is 48.6 Å². The fourth-order valence-electron chi connectivity index (χ4n) is 2.48. The molecule has 6 heteroatoms. The molecule has 0 amide bonds. The van der Waals surface area contributed by atoms with Gasteiger partial charge in [-0.05, 0) is 12.5 Å². The van der Waals surface area contributed by atoms with Crippen LogP contribution in [0.4, 0.5) is 0 Å². The minimum absolute atomic E-state index is 0.247. The molecule has 0 aliphatic carbocycles. The molecule has 0 bridgehead atoms. The molecule has 0 saturated heterocycles. The molecule has 0 aliphatic rings. The Morgan fingerprint density at radius 1 is 1.13 bits per heavy atom. The molecular weight excluding hydrogens is 308 g/mol. The maximum absolute atomic E-state index is 5.51. The average Bonchev–Trinajstić information content (AvgIpc) is 2.60. The fraction of sp³-hybridized carbons (Fsp3) is 0.529. The van der Waals surface area contributed by atoms with Crippen LogP contribution in [0.2, 0.25) is 6.04 Å². The van der Waals surface area contributed by atoms with Gasteiger partial charge in [0.05, 0.1) is 0 Å². The Labute approximate surface area is 141 Å². The van der Waals surface area contributed by atoms with Crippen molar-refractivity contribution in [2.45, 2.75) is 25.9 Å². The van der Waals surface area contributed by atoms with Gasteiger partial charge in [-0.15, -0.1) is 0 Å². The van der Waals surface area contributed by atoms with Crippen LogP contribution in [0.15, 0.2) is 36.4 Å². The van der Waals surface area contributed by atoms with E-state index in [0.717, 1.165) is 19.1 Å². The lowest BCUT2D eigenvalue weighted by Crippen LogP contribution is -2.52. The van der Waals surface area contributed by atoms with E-state index in [0.29, 0.717) is 0 Å². The molecule has 0 radical (unpaired) electrons. The molecule has 0 aromatic heterocycles. The number of hydrogen-bond acceptors (Lipinski definition) is 5. The Hall–Kier alpha value is -1.02. The monoisotopic (exact) mass is 338 g/mol. The van der Waals surface area contributed by atoms with Gasteiger partial charge in [0.25, 0.3) is 0 Å². The van der Waals surface area contributed by atoms with Crippen molar-refractivity contribution in [1.29, 1.82) is 0 Å². The summed E-state index contributed by atoms with van der Waals surface area (Å²) in [5.74, 6) is 0. The van der Waals surface area contributed by atoms with Crippen molar-refractivity contribution in [2.75, 3.05) is 34.4 Å². The summed E-state index contributed by atoms with van der Waals surface area (Å²) in [6.07, 6.45) is 4.24. The van der Waals surface area contributed by atoms with Gasteiger partial charge >= 0.3 is 8.80 Å². The lowest BCUT2D eigenvalue weighted by atomic mass is 10.2. The van der Waals surface area contributed by atoms with Crippen LogP contribution in [0.25, 0.3) is 6.08 Å². The van der Waals surface area contributed by atoms with Crippen molar-refractivity contribution in [3.05, 3.63) is 42.0 Å². The van der Waals surface area contributed by atoms with Gasteiger partial charge in [0.2, 0.25) is 0 Å². The first-order valence-corrected chi connectivity index (χ1v) is 9.91. The molecule has 1 unspecified atom stereocenters. The van der Waals surface area contributed by atoms with Gasteiger partial charge in [0.15, 0.2) is 0 Å². The summed E-state index contributed by atoms with van der Waals surface area (Å²) in [5, 5.41) is 2.19. The molecule has 0 heterocycles. The van der Waals surface area contributed by atoms with Gasteiger partial charge in [0.1, 0.15) is 0 Å². The quantitative estimate of drug-likeness (QED) is 0.496. The zero-order valence-electron chi connectivity index (χ0n) is 14.9. The SMILES string of the molecule is CCN(NCC=Cc1ccccc1)C(C)C[Si](OC)(OC)OC. The van der Waals surface area contributed by atoms with Crippen LogP contribution in [0.1, 0.15) is 19.4 Å². The number of nitrogens with one attached hydrogen (secondary N) is 1. The molecule has 1 aromatic rings. The van der Waals surface area contributed by atoms with Gasteiger partial charge in [0, 0.05) is 46.5 Å². The topological polar surface area (TPSA) is 43.0 Å². The zero-order chi connectivity index (χ0) is 17.1. The molecule has 1 rings (SSSR count). The minimum Gasteiger partial charge on any atom is -0.377 e. The second kappa shape index (κ2) is 10.7. The Morgan fingerprint density at radius 3 is 2.26 bits per heavy atom. The highest BCUT2D eigenvalue weighted by molar-refractivity contribution is 6.60. The minimum atomic E-state index is -2.56. The lowest BCUT2D eigenvalue weighted by molar-refractivity contribution is 0.0969. The maximum Gasteiger partial charge on any atom is 0.501 e. The first-order valence-electron chi connectivity index (χ1n) is 7.98. The summed E-state index contributed by atoms with van der Waals surface area (Å²) in [7, 11) is 2.39. The average molecular weight is 339 g/mol. The van der Waals surface area contributed by atoms with E-state index in [9.17, 15) is 0 Å². The standard InChI is InChI=1S/C17H30N2O3Si/c1-6-19(16(2)15-23(20-3,21-4)22-5)18-14-10-13-17-11-8-7-9-12-17/h7-13,16,18H,6,14-15H2,1-5H3. The van der Waals surface area contributed by atoms with Crippen molar-refractivity contribution >= 4 is 14.9 Å². The van der Waals surface area contributed by atoms with Gasteiger partial charge in [-0.25, -0.2) is 5.01 Å². The Morgan fingerprint density at radius 2 is 1.74 bits per heavy atom. The summed E-state index contributed by atoms with van der Waals surface area (Å²) in [6, 6.07) is 11.3. The number of hydrazine groups is 1. The van der Waals surface area contributed by atoms with Crippen LogP contribution in [-0.2, 0) is 13.3 Å². The third-order valence-electron chi connectivity index (χ3n) is 3.87. The molecule has 1 atom stereocenters. The van der Waals surface area contributed by atoms with Crippen molar-refractivity contribution in [2.24, 2.45) is 0 Å². The Kier molecular flexibility index (Phi) is 9.31. The van der Waals surface area contributed by atoms with Crippen LogP contribution >= 0.6 is 0 Å². The Bertz CT molecular complexity index is 444. The predicted molar refractivity (Wildman–Crippen MR) is 96.9 cm³/mol. The van der Waals surface area contributed by atoms with Crippen LogP contribution < -0.4 is 5.43 Å². The zero-order valence-corrected chi connectivity index (χ0v) is 15.9. The van der Waals surface area contributed by atoms with Crippen molar-refractivity contribution in [3.63, 3.8) is 0 Å². The Balaban J connectivity index is 2.50. The molecule has 0 aliphatic heterocycles. The van der Waals surface area contributed by atoms with Gasteiger partial charge in [-0.1, -0.05) is 49.4 Å². The van der Waals surface area contributed by atoms with E-state index in [1.165, 1.54) is 5.56 Å². The molecule has 23 heavy (non-hydrogen) atoms. The largest absolute Gasteiger partial charge is 0.501 e. The molecule has 1 aromatic carbocycles. The molecular formula is C17H30N2O3Si. The van der Waals surface area contributed by atoms with Crippen LogP contribution in [0.3, 0.4) is 0 Å². The molecule has 130 valence electrons. The van der Waals surface area contributed by atoms with Crippen LogP contribution in [0, 0.1) is 0 Å². The van der Waals surface area contributed by atoms with E-state index in [-0.39, 0.29) is 6.04 Å². The third-order valence-corrected chi connectivity index (χ3v) is 6.83. The van der Waals surface area contributed by atoms with Gasteiger partial charge < -0.3 is 13.3 Å². The van der Waals surface area contributed by atoms with Crippen molar-refractivity contribution < 1.29 is 13.3 Å². The molecule has 5 nitrogen and oxygen atoms in total. The van der Waals surface area contributed by atoms with Crippen molar-refractivity contribution in [1.82, 2.24) is 10.4 Å². The summed E-state index contributed by atoms with van der Waals surface area (Å²) in [5.41, 5.74) is 4.64. The normalized spacial score (nSPS) is 13.8. The second-order valence-corrected chi connectivity index (χ2v) is 8.31. The van der Waals surface area contributed by atoms with Crippen molar-refractivity contribution in [3.8, 4) is 0 Å². The third kappa shape index (κ3) is 6.54. The highest BCUT2D eigenvalue weighted by Gasteiger charge is 2.40. The lowest BCUT2D eigenvalue weighted by Gasteiger charge is -2.33. The molecule has 0 spiro atoms. The van der Waals surface area contributed by atoms with Crippen LogP contribution in [0.5, 0.6) is 0 Å². The highest BCUT2D eigenvalue weighted by Crippen LogP contribution is 2.17. The number of nitrogens with zero attached hydrogens (tertiary/aromatic N) is 1. The fourth-order valence-corrected chi connectivity index (χ4v) is 4.42. The summed E-state index contributed by atoms with van der Waals surface area (Å²) < 4.78 is 16.5. The summed E-state index contributed by atoms with van der Waals surface area (Å²) >= 11 is 0. The van der Waals surface area contributed by atoms with E-state index in [4.69, 9.17) is 13.3 Å².